The van der Waals surface area contributed by atoms with Gasteiger partial charge in [0, 0.05) is 0 Å². The zero-order chi connectivity index (χ0) is 9.02. The number of nitrogens with one attached hydrogen (secondary N) is 1. The molecule has 0 unspecified atom stereocenters. The van der Waals surface area contributed by atoms with E-state index in [0.29, 0.717) is 10.9 Å². The third kappa shape index (κ3) is 3.62. The molecule has 0 atom stereocenters. The molecule has 0 amide bonds. The van der Waals surface area contributed by atoms with Gasteiger partial charge in [0.2, 0.25) is 0 Å². The molecule has 5 N–H and O–H groups in total. The van der Waals surface area contributed by atoms with Gasteiger partial charge in [-0.2, -0.15) is 0 Å². The van der Waals surface area contributed by atoms with Crippen molar-refractivity contribution in [2.75, 3.05) is 0 Å². The van der Waals surface area contributed by atoms with Crippen molar-refractivity contribution in [3.63, 3.8) is 0 Å². The van der Waals surface area contributed by atoms with E-state index < -0.39 is 0 Å². The minimum Gasteiger partial charge on any atom is -0.394 e. The molecule has 0 saturated carbocycles. The molecule has 0 aliphatic heterocycles. The topological polar surface area (TPSA) is 88.2 Å². The molecule has 0 heterocycles. The zero-order valence-corrected chi connectivity index (χ0v) is 7.24. The van der Waals surface area contributed by atoms with Crippen LogP contribution < -0.4 is 11.5 Å². The first kappa shape index (κ1) is 9.97. The molecule has 0 saturated heterocycles. The number of halogens is 1. The Morgan fingerprint density at radius 3 is 2.09 bits per heavy atom. The van der Waals surface area contributed by atoms with E-state index in [0.717, 1.165) is 0 Å². The van der Waals surface area contributed by atoms with Gasteiger partial charge in [0.05, 0.1) is 11.4 Å². The van der Waals surface area contributed by atoms with E-state index >= 15 is 0 Å². The summed E-state index contributed by atoms with van der Waals surface area (Å²) in [4.78, 5) is 3.81. The van der Waals surface area contributed by atoms with E-state index in [1.165, 1.54) is 0 Å². The van der Waals surface area contributed by atoms with Crippen molar-refractivity contribution in [1.82, 2.24) is 0 Å². The highest BCUT2D eigenvalue weighted by Gasteiger charge is 1.98. The lowest BCUT2D eigenvalue weighted by Crippen LogP contribution is -2.20. The normalized spacial score (nSPS) is 14.3. The van der Waals surface area contributed by atoms with E-state index in [9.17, 15) is 0 Å². The second-order valence-electron chi connectivity index (χ2n) is 2.02. The summed E-state index contributed by atoms with van der Waals surface area (Å²) >= 11 is 5.47. The molecule has 4 nitrogen and oxygen atoms in total. The molecular weight excluding hydrogens is 164 g/mol. The van der Waals surface area contributed by atoms with E-state index in [2.05, 4.69) is 4.99 Å². The highest BCUT2D eigenvalue weighted by molar-refractivity contribution is 6.64. The van der Waals surface area contributed by atoms with Crippen LogP contribution in [0.25, 0.3) is 0 Å². The van der Waals surface area contributed by atoms with Crippen LogP contribution in [-0.2, 0) is 0 Å². The summed E-state index contributed by atoms with van der Waals surface area (Å²) in [6, 6.07) is 0. The third-order valence-corrected chi connectivity index (χ3v) is 1.09. The monoisotopic (exact) mass is 174 g/mol. The van der Waals surface area contributed by atoms with Gasteiger partial charge in [-0.15, -0.1) is 0 Å². The molecule has 0 bridgehead atoms. The van der Waals surface area contributed by atoms with Crippen LogP contribution in [-0.4, -0.2) is 11.0 Å². The largest absolute Gasteiger partial charge is 0.394 e. The smallest absolute Gasteiger partial charge is 0.140 e. The molecule has 0 rings (SSSR count). The van der Waals surface area contributed by atoms with Gasteiger partial charge in [-0.3, -0.25) is 5.41 Å². The molecule has 0 spiro atoms. The molecule has 11 heavy (non-hydrogen) atoms. The molecule has 0 fully saturated rings. The molecule has 0 aromatic heterocycles. The number of nitrogens with zero attached hydrogens (tertiary/aromatic N) is 1. The summed E-state index contributed by atoms with van der Waals surface area (Å²) in [5.41, 5.74) is 11.1. The maximum Gasteiger partial charge on any atom is 0.140 e. The Labute approximate surface area is 70.4 Å². The van der Waals surface area contributed by atoms with Crippen molar-refractivity contribution in [3.05, 3.63) is 11.4 Å². The number of allylic oxidation sites excluding steroid dienone is 1. The Morgan fingerprint density at radius 1 is 1.36 bits per heavy atom. The molecule has 62 valence electrons. The van der Waals surface area contributed by atoms with Gasteiger partial charge in [-0.1, -0.05) is 11.6 Å². The second kappa shape index (κ2) is 3.98. The first-order valence-corrected chi connectivity index (χ1v) is 3.34. The first-order chi connectivity index (χ1) is 4.95. The van der Waals surface area contributed by atoms with Crippen molar-refractivity contribution in [3.8, 4) is 0 Å². The fourth-order valence-corrected chi connectivity index (χ4v) is 0.613. The van der Waals surface area contributed by atoms with Crippen LogP contribution in [0, 0.1) is 5.41 Å². The van der Waals surface area contributed by atoms with Crippen LogP contribution in [0.1, 0.15) is 13.8 Å². The number of aliphatic imine (C=N–C) groups is 1. The summed E-state index contributed by atoms with van der Waals surface area (Å²) in [7, 11) is 0. The lowest BCUT2D eigenvalue weighted by molar-refractivity contribution is 1.20. The van der Waals surface area contributed by atoms with Gasteiger partial charge in [0.15, 0.2) is 0 Å². The van der Waals surface area contributed by atoms with E-state index in [1.807, 2.05) is 0 Å². The summed E-state index contributed by atoms with van der Waals surface area (Å²) in [6.45, 7) is 3.26. The highest BCUT2D eigenvalue weighted by atomic mass is 35.5. The van der Waals surface area contributed by atoms with Gasteiger partial charge >= 0.3 is 0 Å². The quantitative estimate of drug-likeness (QED) is 0.427. The first-order valence-electron chi connectivity index (χ1n) is 2.96. The minimum atomic E-state index is -0.191. The van der Waals surface area contributed by atoms with Crippen LogP contribution in [0.15, 0.2) is 16.4 Å². The van der Waals surface area contributed by atoms with Gasteiger partial charge < -0.3 is 11.5 Å². The number of nitrogens with two attached hydrogens (primary N) is 2. The fourth-order valence-electron chi connectivity index (χ4n) is 0.486. The Kier molecular flexibility index (Phi) is 3.60. The van der Waals surface area contributed by atoms with Crippen molar-refractivity contribution in [1.29, 1.82) is 5.41 Å². The van der Waals surface area contributed by atoms with Crippen LogP contribution in [0.3, 0.4) is 0 Å². The SMILES string of the molecule is C/C(Cl)=N\C(C)=C(\N)C(=N)N. The van der Waals surface area contributed by atoms with Gasteiger partial charge in [-0.25, -0.2) is 4.99 Å². The average Bonchev–Trinajstić information content (AvgIpc) is 1.84. The molecule has 0 radical (unpaired) electrons. The molecule has 0 aliphatic rings. The zero-order valence-electron chi connectivity index (χ0n) is 6.48. The number of amidine groups is 1. The molecule has 0 aromatic carbocycles. The molecule has 0 aliphatic carbocycles. The van der Waals surface area contributed by atoms with Gasteiger partial charge in [0.1, 0.15) is 11.0 Å². The molecule has 0 aromatic rings. The summed E-state index contributed by atoms with van der Waals surface area (Å²) < 4.78 is 0. The fraction of sp³-hybridized carbons (Fsp3) is 0.333. The maximum atomic E-state index is 6.96. The Bertz CT molecular complexity index is 225. The average molecular weight is 175 g/mol. The van der Waals surface area contributed by atoms with Gasteiger partial charge in [0.25, 0.3) is 0 Å². The summed E-state index contributed by atoms with van der Waals surface area (Å²) in [5.74, 6) is -0.191. The van der Waals surface area contributed by atoms with E-state index in [-0.39, 0.29) is 11.5 Å². The van der Waals surface area contributed by atoms with Crippen molar-refractivity contribution >= 4 is 22.6 Å². The number of hydrogen-bond acceptors (Lipinski definition) is 3. The molecule has 5 heteroatoms. The summed E-state index contributed by atoms with van der Waals surface area (Å²) in [6.07, 6.45) is 0. The number of hydrogen-bond donors (Lipinski definition) is 3. The van der Waals surface area contributed by atoms with Gasteiger partial charge in [-0.05, 0) is 13.8 Å². The lowest BCUT2D eigenvalue weighted by atomic mass is 10.3. The number of rotatable bonds is 2. The van der Waals surface area contributed by atoms with Crippen LogP contribution in [0.2, 0.25) is 0 Å². The van der Waals surface area contributed by atoms with E-state index in [1.54, 1.807) is 13.8 Å². The van der Waals surface area contributed by atoms with Crippen molar-refractivity contribution in [2.45, 2.75) is 13.8 Å². The Balaban J connectivity index is 4.68. The maximum absolute atomic E-state index is 6.96. The predicted octanol–water partition coefficient (Wildman–Crippen LogP) is 0.770. The third-order valence-electron chi connectivity index (χ3n) is 1.00. The highest BCUT2D eigenvalue weighted by Crippen LogP contribution is 2.01. The molecular formula is C6H11ClN4. The van der Waals surface area contributed by atoms with Crippen LogP contribution in [0.4, 0.5) is 0 Å². The Hall–Kier alpha value is -1.03. The lowest BCUT2D eigenvalue weighted by Gasteiger charge is -1.99. The standard InChI is InChI=1S/C6H11ClN4/c1-3(11-4(2)7)5(8)6(9)10/h8H2,1-2H3,(H3,9,10)/b5-3+,11-4+. The summed E-state index contributed by atoms with van der Waals surface area (Å²) in [5, 5.41) is 7.32. The van der Waals surface area contributed by atoms with Crippen molar-refractivity contribution in [2.24, 2.45) is 16.5 Å². The van der Waals surface area contributed by atoms with Crippen LogP contribution >= 0.6 is 11.6 Å². The Morgan fingerprint density at radius 2 is 1.82 bits per heavy atom. The predicted molar refractivity (Wildman–Crippen MR) is 47.8 cm³/mol. The van der Waals surface area contributed by atoms with E-state index in [4.69, 9.17) is 28.5 Å². The minimum absolute atomic E-state index is 0.157. The van der Waals surface area contributed by atoms with Crippen molar-refractivity contribution < 1.29 is 0 Å². The second-order valence-corrected chi connectivity index (χ2v) is 2.57. The van der Waals surface area contributed by atoms with Crippen LogP contribution in [0.5, 0.6) is 0 Å².